The van der Waals surface area contributed by atoms with Gasteiger partial charge in [-0.25, -0.2) is 9.97 Å². The molecular formula is C18H18N6O2. The van der Waals surface area contributed by atoms with Crippen molar-refractivity contribution in [3.63, 3.8) is 0 Å². The molecule has 0 N–H and O–H groups in total. The van der Waals surface area contributed by atoms with Gasteiger partial charge in [0.1, 0.15) is 11.3 Å². The molecule has 0 saturated carbocycles. The molecule has 1 aliphatic heterocycles. The molecule has 1 aliphatic rings. The second kappa shape index (κ2) is 5.69. The molecule has 1 saturated heterocycles. The first kappa shape index (κ1) is 15.1. The summed E-state index contributed by atoms with van der Waals surface area (Å²) in [5, 5.41) is 0. The van der Waals surface area contributed by atoms with E-state index in [1.165, 1.54) is 0 Å². The monoisotopic (exact) mass is 350 g/mol. The highest BCUT2D eigenvalue weighted by Crippen LogP contribution is 2.27. The fourth-order valence-electron chi connectivity index (χ4n) is 3.34. The van der Waals surface area contributed by atoms with Gasteiger partial charge in [0.25, 0.3) is 11.7 Å². The summed E-state index contributed by atoms with van der Waals surface area (Å²) in [6.45, 7) is 6.90. The molecule has 1 fully saturated rings. The van der Waals surface area contributed by atoms with Gasteiger partial charge in [-0.3, -0.25) is 0 Å². The summed E-state index contributed by atoms with van der Waals surface area (Å²) in [5.41, 5.74) is 2.97. The third-order valence-electron chi connectivity index (χ3n) is 4.59. The number of hydrogen-bond acceptors (Lipinski definition) is 8. The summed E-state index contributed by atoms with van der Waals surface area (Å²) in [4.78, 5) is 22.4. The van der Waals surface area contributed by atoms with Crippen LogP contribution < -0.4 is 9.80 Å². The lowest BCUT2D eigenvalue weighted by molar-refractivity contribution is 0.540. The number of rotatable bonds is 2. The van der Waals surface area contributed by atoms with Crippen LogP contribution in [-0.4, -0.2) is 46.1 Å². The molecule has 5 rings (SSSR count). The summed E-state index contributed by atoms with van der Waals surface area (Å²) < 4.78 is 11.5. The number of nitrogens with zero attached hydrogens (tertiary/aromatic N) is 6. The Bertz CT molecular complexity index is 1060. The molecule has 26 heavy (non-hydrogen) atoms. The summed E-state index contributed by atoms with van der Waals surface area (Å²) in [5.74, 6) is 2.12. The van der Waals surface area contributed by atoms with Crippen molar-refractivity contribution < 1.29 is 8.83 Å². The predicted molar refractivity (Wildman–Crippen MR) is 97.5 cm³/mol. The van der Waals surface area contributed by atoms with Crippen molar-refractivity contribution >= 4 is 34.2 Å². The van der Waals surface area contributed by atoms with Crippen LogP contribution in [0.1, 0.15) is 11.7 Å². The number of piperazine rings is 1. The second-order valence-corrected chi connectivity index (χ2v) is 6.42. The Morgan fingerprint density at radius 3 is 2.42 bits per heavy atom. The number of aromatic nitrogens is 4. The lowest BCUT2D eigenvalue weighted by Crippen LogP contribution is -2.47. The van der Waals surface area contributed by atoms with E-state index in [9.17, 15) is 0 Å². The molecule has 132 valence electrons. The summed E-state index contributed by atoms with van der Waals surface area (Å²) in [6, 6.07) is 8.50. The van der Waals surface area contributed by atoms with Crippen LogP contribution in [-0.2, 0) is 0 Å². The Morgan fingerprint density at radius 2 is 1.62 bits per heavy atom. The van der Waals surface area contributed by atoms with Crippen LogP contribution in [0.15, 0.2) is 33.1 Å². The van der Waals surface area contributed by atoms with E-state index in [4.69, 9.17) is 8.83 Å². The van der Waals surface area contributed by atoms with E-state index in [1.54, 1.807) is 0 Å². The van der Waals surface area contributed by atoms with E-state index in [2.05, 4.69) is 29.7 Å². The molecule has 0 aliphatic carbocycles. The molecule has 0 amide bonds. The number of fused-ring (bicyclic) bond motifs is 2. The topological polar surface area (TPSA) is 84.3 Å². The molecule has 0 atom stereocenters. The maximum absolute atomic E-state index is 5.88. The molecule has 0 unspecified atom stereocenters. The van der Waals surface area contributed by atoms with Crippen LogP contribution in [0.5, 0.6) is 0 Å². The summed E-state index contributed by atoms with van der Waals surface area (Å²) in [6.07, 6.45) is 0. The van der Waals surface area contributed by atoms with Gasteiger partial charge in [0.15, 0.2) is 22.8 Å². The Labute approximate surface area is 149 Å². The highest BCUT2D eigenvalue weighted by Gasteiger charge is 2.25. The van der Waals surface area contributed by atoms with Crippen LogP contribution in [0, 0.1) is 13.8 Å². The number of oxazole rings is 2. The molecule has 4 heterocycles. The lowest BCUT2D eigenvalue weighted by atomic mass is 10.3. The molecule has 4 aromatic rings. The Balaban J connectivity index is 1.40. The standard InChI is InChI=1S/C18H18N6O2/c1-11-19-16(15-17(20-11)25-12(2)21-15)23-7-9-24(10-8-23)18-22-13-5-3-4-6-14(13)26-18/h3-6H,7-10H2,1-2H3. The first-order valence-corrected chi connectivity index (χ1v) is 8.64. The molecule has 8 nitrogen and oxygen atoms in total. The minimum absolute atomic E-state index is 0.548. The van der Waals surface area contributed by atoms with Crippen molar-refractivity contribution in [1.29, 1.82) is 0 Å². The van der Waals surface area contributed by atoms with Crippen molar-refractivity contribution in [2.75, 3.05) is 36.0 Å². The van der Waals surface area contributed by atoms with E-state index in [1.807, 2.05) is 38.1 Å². The maximum atomic E-state index is 5.88. The maximum Gasteiger partial charge on any atom is 0.298 e. The van der Waals surface area contributed by atoms with E-state index >= 15 is 0 Å². The smallest absolute Gasteiger partial charge is 0.298 e. The minimum Gasteiger partial charge on any atom is -0.423 e. The van der Waals surface area contributed by atoms with Crippen LogP contribution in [0.4, 0.5) is 11.8 Å². The molecule has 0 bridgehead atoms. The van der Waals surface area contributed by atoms with Gasteiger partial charge in [-0.2, -0.15) is 9.97 Å². The lowest BCUT2D eigenvalue weighted by Gasteiger charge is -2.34. The van der Waals surface area contributed by atoms with Gasteiger partial charge in [-0.1, -0.05) is 12.1 Å². The van der Waals surface area contributed by atoms with E-state index < -0.39 is 0 Å². The largest absolute Gasteiger partial charge is 0.423 e. The number of anilines is 2. The zero-order chi connectivity index (χ0) is 17.7. The van der Waals surface area contributed by atoms with Gasteiger partial charge in [-0.15, -0.1) is 0 Å². The fraction of sp³-hybridized carbons (Fsp3) is 0.333. The highest BCUT2D eigenvalue weighted by atomic mass is 16.4. The summed E-state index contributed by atoms with van der Waals surface area (Å²) in [7, 11) is 0. The van der Waals surface area contributed by atoms with Crippen LogP contribution in [0.2, 0.25) is 0 Å². The second-order valence-electron chi connectivity index (χ2n) is 6.42. The van der Waals surface area contributed by atoms with Crippen molar-refractivity contribution in [2.45, 2.75) is 13.8 Å². The fourth-order valence-corrected chi connectivity index (χ4v) is 3.34. The molecule has 3 aromatic heterocycles. The van der Waals surface area contributed by atoms with Crippen molar-refractivity contribution in [2.24, 2.45) is 0 Å². The van der Waals surface area contributed by atoms with E-state index in [0.29, 0.717) is 23.4 Å². The quantitative estimate of drug-likeness (QED) is 0.545. The number of aryl methyl sites for hydroxylation is 2. The van der Waals surface area contributed by atoms with Crippen LogP contribution in [0.25, 0.3) is 22.3 Å². The number of para-hydroxylation sites is 2. The molecule has 8 heteroatoms. The predicted octanol–water partition coefficient (Wildman–Crippen LogP) is 2.70. The molecule has 0 spiro atoms. The van der Waals surface area contributed by atoms with Gasteiger partial charge >= 0.3 is 0 Å². The molecule has 0 radical (unpaired) electrons. The van der Waals surface area contributed by atoms with Crippen LogP contribution in [0.3, 0.4) is 0 Å². The van der Waals surface area contributed by atoms with Gasteiger partial charge in [-0.05, 0) is 19.1 Å². The Morgan fingerprint density at radius 1 is 0.846 bits per heavy atom. The normalized spacial score (nSPS) is 15.3. The average Bonchev–Trinajstić information content (AvgIpc) is 3.23. The van der Waals surface area contributed by atoms with Crippen molar-refractivity contribution in [1.82, 2.24) is 19.9 Å². The SMILES string of the molecule is Cc1nc(N2CCN(c3nc4ccccc4o3)CC2)c2nc(C)oc2n1. The van der Waals surface area contributed by atoms with Gasteiger partial charge < -0.3 is 18.6 Å². The first-order valence-electron chi connectivity index (χ1n) is 8.64. The Kier molecular flexibility index (Phi) is 3.31. The van der Waals surface area contributed by atoms with Crippen LogP contribution >= 0.6 is 0 Å². The average molecular weight is 350 g/mol. The number of hydrogen-bond donors (Lipinski definition) is 0. The molecular weight excluding hydrogens is 332 g/mol. The zero-order valence-corrected chi connectivity index (χ0v) is 14.6. The van der Waals surface area contributed by atoms with E-state index in [-0.39, 0.29) is 0 Å². The van der Waals surface area contributed by atoms with Gasteiger partial charge in [0.05, 0.1) is 0 Å². The number of benzene rings is 1. The van der Waals surface area contributed by atoms with Crippen molar-refractivity contribution in [3.8, 4) is 0 Å². The third-order valence-corrected chi connectivity index (χ3v) is 4.59. The summed E-state index contributed by atoms with van der Waals surface area (Å²) >= 11 is 0. The van der Waals surface area contributed by atoms with Gasteiger partial charge in [0.2, 0.25) is 0 Å². The highest BCUT2D eigenvalue weighted by molar-refractivity contribution is 5.82. The third kappa shape index (κ3) is 2.45. The minimum atomic E-state index is 0.548. The first-order chi connectivity index (χ1) is 12.7. The van der Waals surface area contributed by atoms with Gasteiger partial charge in [0, 0.05) is 33.1 Å². The van der Waals surface area contributed by atoms with E-state index in [0.717, 1.165) is 48.6 Å². The van der Waals surface area contributed by atoms with Crippen molar-refractivity contribution in [3.05, 3.63) is 36.0 Å². The Hall–Kier alpha value is -3.16. The zero-order valence-electron chi connectivity index (χ0n) is 14.6. The molecule has 1 aromatic carbocycles.